The molecule has 1 saturated heterocycles. The van der Waals surface area contributed by atoms with Crippen molar-refractivity contribution in [1.29, 1.82) is 0 Å². The van der Waals surface area contributed by atoms with Gasteiger partial charge in [-0.05, 0) is 24.2 Å². The molecule has 0 radical (unpaired) electrons. The zero-order chi connectivity index (χ0) is 12.8. The van der Waals surface area contributed by atoms with Crippen LogP contribution in [0.1, 0.15) is 40.0 Å². The third kappa shape index (κ3) is 1.93. The first-order valence-corrected chi connectivity index (χ1v) is 6.36. The Bertz CT molecular complexity index is 371. The van der Waals surface area contributed by atoms with Crippen LogP contribution in [0.2, 0.25) is 0 Å². The summed E-state index contributed by atoms with van der Waals surface area (Å²) in [5.41, 5.74) is 5.89. The van der Waals surface area contributed by atoms with Gasteiger partial charge >= 0.3 is 6.17 Å². The third-order valence-electron chi connectivity index (χ3n) is 4.50. The first-order valence-electron chi connectivity index (χ1n) is 6.36. The molecule has 1 aliphatic heterocycles. The van der Waals surface area contributed by atoms with E-state index in [0.29, 0.717) is 12.0 Å². The van der Waals surface area contributed by atoms with Crippen molar-refractivity contribution in [3.05, 3.63) is 11.4 Å². The highest BCUT2D eigenvalue weighted by Gasteiger charge is 2.58. The minimum atomic E-state index is -0.490. The van der Waals surface area contributed by atoms with Crippen LogP contribution in [0.5, 0.6) is 0 Å². The second kappa shape index (κ2) is 3.99. The molecule has 4 atom stereocenters. The lowest BCUT2D eigenvalue weighted by molar-refractivity contribution is -0.136. The van der Waals surface area contributed by atoms with Crippen LogP contribution in [0.25, 0.3) is 4.85 Å². The predicted molar refractivity (Wildman–Crippen MR) is 65.8 cm³/mol. The molecule has 2 fully saturated rings. The molecule has 0 aromatic rings. The summed E-state index contributed by atoms with van der Waals surface area (Å²) in [6, 6.07) is -0.184. The number of likely N-dealkylation sites (tertiary alicyclic amines) is 1. The lowest BCUT2D eigenvalue weighted by atomic mass is 9.81. The highest BCUT2D eigenvalue weighted by atomic mass is 16.2. The Morgan fingerprint density at radius 1 is 1.59 bits per heavy atom. The van der Waals surface area contributed by atoms with Gasteiger partial charge in [0.25, 0.3) is 0 Å². The van der Waals surface area contributed by atoms with E-state index >= 15 is 0 Å². The minimum absolute atomic E-state index is 0.0251. The van der Waals surface area contributed by atoms with E-state index < -0.39 is 6.04 Å². The van der Waals surface area contributed by atoms with E-state index in [2.05, 4.69) is 4.85 Å². The van der Waals surface area contributed by atoms with Crippen LogP contribution in [0.3, 0.4) is 0 Å². The van der Waals surface area contributed by atoms with Gasteiger partial charge in [0.1, 0.15) is 0 Å². The molecule has 1 heterocycles. The molecule has 1 amide bonds. The molecule has 2 N–H and O–H groups in total. The summed E-state index contributed by atoms with van der Waals surface area (Å²) in [6.45, 7) is 13.2. The summed E-state index contributed by atoms with van der Waals surface area (Å²) < 4.78 is 0. The van der Waals surface area contributed by atoms with E-state index in [-0.39, 0.29) is 17.5 Å². The fourth-order valence-electron chi connectivity index (χ4n) is 2.57. The second-order valence-corrected chi connectivity index (χ2v) is 5.97. The quantitative estimate of drug-likeness (QED) is 0.756. The average Bonchev–Trinajstić information content (AvgIpc) is 2.98. The van der Waals surface area contributed by atoms with Gasteiger partial charge < -0.3 is 5.73 Å². The number of hydrogen-bond donors (Lipinski definition) is 1. The normalized spacial score (nSPS) is 32.9. The second-order valence-electron chi connectivity index (χ2n) is 5.97. The summed E-state index contributed by atoms with van der Waals surface area (Å²) in [5, 5.41) is 0. The molecule has 1 saturated carbocycles. The summed E-state index contributed by atoms with van der Waals surface area (Å²) in [4.78, 5) is 17.7. The van der Waals surface area contributed by atoms with Crippen LogP contribution < -0.4 is 5.73 Å². The number of hydrogen-bond acceptors (Lipinski definition) is 2. The van der Waals surface area contributed by atoms with Crippen molar-refractivity contribution >= 4 is 5.91 Å². The number of carbonyl (C=O) groups is 1. The first kappa shape index (κ1) is 12.4. The minimum Gasteiger partial charge on any atom is -0.319 e. The van der Waals surface area contributed by atoms with Crippen molar-refractivity contribution in [2.45, 2.75) is 58.3 Å². The molecule has 3 unspecified atom stereocenters. The number of nitrogens with two attached hydrogens (primary N) is 1. The molecule has 4 heteroatoms. The largest absolute Gasteiger partial charge is 0.319 e. The van der Waals surface area contributed by atoms with Gasteiger partial charge in [-0.15, -0.1) is 0 Å². The van der Waals surface area contributed by atoms with Gasteiger partial charge in [-0.1, -0.05) is 20.8 Å². The predicted octanol–water partition coefficient (Wildman–Crippen LogP) is 1.62. The Morgan fingerprint density at radius 2 is 2.24 bits per heavy atom. The van der Waals surface area contributed by atoms with Crippen LogP contribution in [0.4, 0.5) is 0 Å². The van der Waals surface area contributed by atoms with E-state index in [1.165, 1.54) is 0 Å². The van der Waals surface area contributed by atoms with Gasteiger partial charge in [0, 0.05) is 12.5 Å². The van der Waals surface area contributed by atoms with E-state index in [0.717, 1.165) is 19.3 Å². The third-order valence-corrected chi connectivity index (χ3v) is 4.50. The summed E-state index contributed by atoms with van der Waals surface area (Å²) in [6.07, 6.45) is 2.52. The standard InChI is InChI=1S/C13H21N3O/c1-5-13(2,3)11(14)12(17)16-9-6-8(9)7-10(16)15-4/h8-11H,5-7,14H2,1-3H3/t8?,9?,10?,11-/m1/s1. The van der Waals surface area contributed by atoms with E-state index in [9.17, 15) is 4.79 Å². The summed E-state index contributed by atoms with van der Waals surface area (Å²) in [7, 11) is 0. The van der Waals surface area contributed by atoms with Crippen molar-refractivity contribution in [1.82, 2.24) is 4.90 Å². The average molecular weight is 235 g/mol. The maximum Gasteiger partial charge on any atom is 0.301 e. The van der Waals surface area contributed by atoms with Crippen molar-refractivity contribution in [3.8, 4) is 0 Å². The maximum absolute atomic E-state index is 12.4. The molecular weight excluding hydrogens is 214 g/mol. The van der Waals surface area contributed by atoms with Gasteiger partial charge in [0.2, 0.25) is 5.91 Å². The van der Waals surface area contributed by atoms with Crippen molar-refractivity contribution in [2.75, 3.05) is 0 Å². The topological polar surface area (TPSA) is 50.7 Å². The van der Waals surface area contributed by atoms with E-state index in [1.807, 2.05) is 20.8 Å². The van der Waals surface area contributed by atoms with Gasteiger partial charge in [-0.3, -0.25) is 14.5 Å². The Labute approximate surface area is 103 Å². The van der Waals surface area contributed by atoms with Gasteiger partial charge in [-0.2, -0.15) is 0 Å². The molecule has 0 aromatic heterocycles. The number of carbonyl (C=O) groups excluding carboxylic acids is 1. The fraction of sp³-hybridized carbons (Fsp3) is 0.846. The van der Waals surface area contributed by atoms with Crippen LogP contribution >= 0.6 is 0 Å². The molecule has 0 spiro atoms. The number of piperidine rings is 1. The lowest BCUT2D eigenvalue weighted by Gasteiger charge is -2.32. The maximum atomic E-state index is 12.4. The smallest absolute Gasteiger partial charge is 0.301 e. The molecule has 0 aromatic carbocycles. The van der Waals surface area contributed by atoms with Crippen LogP contribution in [0, 0.1) is 17.9 Å². The molecule has 2 aliphatic rings. The van der Waals surface area contributed by atoms with E-state index in [1.54, 1.807) is 4.90 Å². The number of fused-ring (bicyclic) bond motifs is 1. The Kier molecular flexibility index (Phi) is 2.90. The Balaban J connectivity index is 2.12. The monoisotopic (exact) mass is 235 g/mol. The van der Waals surface area contributed by atoms with Gasteiger partial charge in [-0.25, -0.2) is 6.57 Å². The van der Waals surface area contributed by atoms with Crippen LogP contribution in [0.15, 0.2) is 0 Å². The number of rotatable bonds is 3. The molecule has 17 heavy (non-hydrogen) atoms. The van der Waals surface area contributed by atoms with Crippen molar-refractivity contribution < 1.29 is 4.79 Å². The molecule has 0 bridgehead atoms. The van der Waals surface area contributed by atoms with Gasteiger partial charge in [0.05, 0.1) is 6.04 Å². The highest BCUT2D eigenvalue weighted by Crippen LogP contribution is 2.48. The molecule has 4 nitrogen and oxygen atoms in total. The Morgan fingerprint density at radius 3 is 2.76 bits per heavy atom. The van der Waals surface area contributed by atoms with Crippen molar-refractivity contribution in [3.63, 3.8) is 0 Å². The van der Waals surface area contributed by atoms with Crippen LogP contribution in [-0.4, -0.2) is 29.1 Å². The fourth-order valence-corrected chi connectivity index (χ4v) is 2.57. The number of nitrogens with zero attached hydrogens (tertiary/aromatic N) is 2. The zero-order valence-electron chi connectivity index (χ0n) is 10.8. The molecular formula is C13H21N3O. The lowest BCUT2D eigenvalue weighted by Crippen LogP contribution is -2.53. The zero-order valence-corrected chi connectivity index (χ0v) is 10.8. The van der Waals surface area contributed by atoms with Crippen LogP contribution in [-0.2, 0) is 4.79 Å². The molecule has 2 rings (SSSR count). The number of amides is 1. The summed E-state index contributed by atoms with van der Waals surface area (Å²) >= 11 is 0. The summed E-state index contributed by atoms with van der Waals surface area (Å²) in [5.74, 6) is 0.540. The highest BCUT2D eigenvalue weighted by molar-refractivity contribution is 5.84. The van der Waals surface area contributed by atoms with Crippen molar-refractivity contribution in [2.24, 2.45) is 17.1 Å². The SMILES string of the molecule is [C-]#[N+]C1CC2CC2N1C(=O)[C@@H](N)C(C)(C)CC. The first-order chi connectivity index (χ1) is 7.92. The molecule has 1 aliphatic carbocycles. The Hall–Kier alpha value is -1.08. The molecule has 94 valence electrons. The van der Waals surface area contributed by atoms with Gasteiger partial charge in [0.15, 0.2) is 0 Å². The van der Waals surface area contributed by atoms with E-state index in [4.69, 9.17) is 12.3 Å².